The third-order valence-electron chi connectivity index (χ3n) is 8.34. The lowest BCUT2D eigenvalue weighted by Crippen LogP contribution is -2.40. The standard InChI is InChI=1S/C42H42O6/c1-2-28-46-40(44)34-19-15-18-32(29-34)26-27-39(43)38(41(45)47-30-33-16-7-3-8-17-33)31-48-42(35-20-9-4-10-21-35,36-22-11-5-12-23-36)37-24-13-6-14-25-37/h3-25,29,38-39,43H,2,26-28,30-31H2,1H3/t38-,39-/m0/s1. The molecular weight excluding hydrogens is 600 g/mol. The summed E-state index contributed by atoms with van der Waals surface area (Å²) in [6, 6.07) is 46.4. The monoisotopic (exact) mass is 642 g/mol. The van der Waals surface area contributed by atoms with Crippen molar-refractivity contribution in [2.45, 2.75) is 44.5 Å². The second-order valence-electron chi connectivity index (χ2n) is 11.7. The third-order valence-corrected chi connectivity index (χ3v) is 8.34. The highest BCUT2D eigenvalue weighted by Crippen LogP contribution is 2.41. The first-order valence-corrected chi connectivity index (χ1v) is 16.5. The number of esters is 2. The lowest BCUT2D eigenvalue weighted by atomic mass is 9.80. The molecule has 6 nitrogen and oxygen atoms in total. The van der Waals surface area contributed by atoms with E-state index in [1.807, 2.05) is 134 Å². The Hall–Kier alpha value is -5.04. The van der Waals surface area contributed by atoms with Crippen LogP contribution in [-0.4, -0.2) is 36.4 Å². The van der Waals surface area contributed by atoms with Gasteiger partial charge in [0.15, 0.2) is 0 Å². The second kappa shape index (κ2) is 17.2. The summed E-state index contributed by atoms with van der Waals surface area (Å²) in [6.45, 7) is 2.26. The maximum absolute atomic E-state index is 13.8. The Labute approximate surface area is 282 Å². The summed E-state index contributed by atoms with van der Waals surface area (Å²) >= 11 is 0. The van der Waals surface area contributed by atoms with Crippen molar-refractivity contribution in [3.8, 4) is 0 Å². The van der Waals surface area contributed by atoms with Crippen LogP contribution in [-0.2, 0) is 37.6 Å². The highest BCUT2D eigenvalue weighted by molar-refractivity contribution is 5.89. The first kappa shape index (κ1) is 34.3. The zero-order valence-electron chi connectivity index (χ0n) is 27.2. The minimum absolute atomic E-state index is 0.0754. The van der Waals surface area contributed by atoms with Crippen LogP contribution in [0.2, 0.25) is 0 Å². The number of carbonyl (C=O) groups excluding carboxylic acids is 2. The zero-order valence-corrected chi connectivity index (χ0v) is 27.2. The second-order valence-corrected chi connectivity index (χ2v) is 11.7. The van der Waals surface area contributed by atoms with Gasteiger partial charge in [-0.15, -0.1) is 0 Å². The molecule has 246 valence electrons. The average Bonchev–Trinajstić information content (AvgIpc) is 3.15. The van der Waals surface area contributed by atoms with E-state index < -0.39 is 23.6 Å². The minimum atomic E-state index is -1.09. The molecule has 0 spiro atoms. The van der Waals surface area contributed by atoms with E-state index in [1.165, 1.54) is 0 Å². The van der Waals surface area contributed by atoms with Gasteiger partial charge >= 0.3 is 11.9 Å². The SMILES string of the molecule is CCCOC(=O)c1cccc(CC[C@H](O)[C@H](COC(c2ccccc2)(c2ccccc2)c2ccccc2)C(=O)OCc2ccccc2)c1. The van der Waals surface area contributed by atoms with Crippen LogP contribution >= 0.6 is 0 Å². The molecular formula is C42H42O6. The molecule has 5 aromatic carbocycles. The molecule has 1 N–H and O–H groups in total. The summed E-state index contributed by atoms with van der Waals surface area (Å²) in [6.07, 6.45) is 0.321. The Morgan fingerprint density at radius 1 is 0.667 bits per heavy atom. The van der Waals surface area contributed by atoms with Crippen LogP contribution in [0.5, 0.6) is 0 Å². The zero-order chi connectivity index (χ0) is 33.6. The van der Waals surface area contributed by atoms with Gasteiger partial charge in [0.05, 0.1) is 24.9 Å². The van der Waals surface area contributed by atoms with Crippen molar-refractivity contribution >= 4 is 11.9 Å². The predicted octanol–water partition coefficient (Wildman–Crippen LogP) is 7.92. The van der Waals surface area contributed by atoms with E-state index in [0.29, 0.717) is 18.6 Å². The normalized spacial score (nSPS) is 12.5. The van der Waals surface area contributed by atoms with E-state index in [1.54, 1.807) is 18.2 Å². The fourth-order valence-corrected chi connectivity index (χ4v) is 5.80. The van der Waals surface area contributed by atoms with Gasteiger partial charge in [-0.05, 0) is 59.2 Å². The molecule has 5 aromatic rings. The molecule has 6 heteroatoms. The van der Waals surface area contributed by atoms with E-state index in [2.05, 4.69) is 0 Å². The van der Waals surface area contributed by atoms with E-state index in [4.69, 9.17) is 14.2 Å². The van der Waals surface area contributed by atoms with Gasteiger partial charge in [-0.2, -0.15) is 0 Å². The average molecular weight is 643 g/mol. The Morgan fingerprint density at radius 2 is 1.19 bits per heavy atom. The van der Waals surface area contributed by atoms with Crippen molar-refractivity contribution in [2.24, 2.45) is 5.92 Å². The van der Waals surface area contributed by atoms with Crippen LogP contribution in [0.25, 0.3) is 0 Å². The Morgan fingerprint density at radius 3 is 1.73 bits per heavy atom. The van der Waals surface area contributed by atoms with Crippen LogP contribution in [0.1, 0.15) is 57.9 Å². The predicted molar refractivity (Wildman–Crippen MR) is 186 cm³/mol. The Kier molecular flexibility index (Phi) is 12.3. The van der Waals surface area contributed by atoms with Crippen molar-refractivity contribution in [1.82, 2.24) is 0 Å². The summed E-state index contributed by atoms with van der Waals surface area (Å²) in [5.41, 5.74) is 3.74. The van der Waals surface area contributed by atoms with Gasteiger partial charge in [-0.3, -0.25) is 4.79 Å². The van der Waals surface area contributed by atoms with Crippen LogP contribution in [0.4, 0.5) is 0 Å². The summed E-state index contributed by atoms with van der Waals surface area (Å²) in [5, 5.41) is 11.7. The van der Waals surface area contributed by atoms with Crippen molar-refractivity contribution in [3.05, 3.63) is 179 Å². The van der Waals surface area contributed by atoms with E-state index >= 15 is 0 Å². The topological polar surface area (TPSA) is 82.1 Å². The molecule has 0 fully saturated rings. The molecule has 0 amide bonds. The van der Waals surface area contributed by atoms with Crippen molar-refractivity contribution in [3.63, 3.8) is 0 Å². The van der Waals surface area contributed by atoms with E-state index in [0.717, 1.165) is 34.2 Å². The molecule has 0 heterocycles. The van der Waals surface area contributed by atoms with Gasteiger partial charge in [0.25, 0.3) is 0 Å². The number of ether oxygens (including phenoxy) is 3. The molecule has 0 saturated heterocycles. The number of rotatable bonds is 16. The molecule has 0 aliphatic heterocycles. The highest BCUT2D eigenvalue weighted by Gasteiger charge is 2.40. The number of aliphatic hydroxyl groups excluding tert-OH is 1. The van der Waals surface area contributed by atoms with Gasteiger partial charge < -0.3 is 19.3 Å². The fourth-order valence-electron chi connectivity index (χ4n) is 5.80. The fraction of sp³-hybridized carbons (Fsp3) is 0.238. The summed E-state index contributed by atoms with van der Waals surface area (Å²) < 4.78 is 18.1. The Balaban J connectivity index is 1.44. The third kappa shape index (κ3) is 8.65. The Bertz CT molecular complexity index is 1610. The summed E-state index contributed by atoms with van der Waals surface area (Å²) in [7, 11) is 0. The van der Waals surface area contributed by atoms with Crippen LogP contribution in [0.3, 0.4) is 0 Å². The van der Waals surface area contributed by atoms with Crippen molar-refractivity contribution < 1.29 is 28.9 Å². The van der Waals surface area contributed by atoms with Crippen LogP contribution in [0.15, 0.2) is 146 Å². The number of hydrogen-bond acceptors (Lipinski definition) is 6. The van der Waals surface area contributed by atoms with E-state index in [-0.39, 0.29) is 25.6 Å². The van der Waals surface area contributed by atoms with Gasteiger partial charge in [-0.25, -0.2) is 4.79 Å². The molecule has 0 radical (unpaired) electrons. The number of aliphatic hydroxyl groups is 1. The van der Waals surface area contributed by atoms with Gasteiger partial charge in [0.2, 0.25) is 0 Å². The lowest BCUT2D eigenvalue weighted by Gasteiger charge is -2.37. The molecule has 0 aliphatic rings. The first-order chi connectivity index (χ1) is 23.5. The molecule has 0 aromatic heterocycles. The van der Waals surface area contributed by atoms with Crippen molar-refractivity contribution in [1.29, 1.82) is 0 Å². The lowest BCUT2D eigenvalue weighted by molar-refractivity contribution is -0.159. The maximum Gasteiger partial charge on any atom is 0.338 e. The first-order valence-electron chi connectivity index (χ1n) is 16.5. The maximum atomic E-state index is 13.8. The molecule has 0 bridgehead atoms. The molecule has 0 aliphatic carbocycles. The van der Waals surface area contributed by atoms with Crippen LogP contribution in [0, 0.1) is 5.92 Å². The minimum Gasteiger partial charge on any atom is -0.462 e. The largest absolute Gasteiger partial charge is 0.462 e. The molecule has 0 unspecified atom stereocenters. The number of aryl methyl sites for hydroxylation is 1. The van der Waals surface area contributed by atoms with Crippen LogP contribution < -0.4 is 0 Å². The summed E-state index contributed by atoms with van der Waals surface area (Å²) in [5.74, 6) is -1.93. The summed E-state index contributed by atoms with van der Waals surface area (Å²) in [4.78, 5) is 26.3. The van der Waals surface area contributed by atoms with Gasteiger partial charge in [0.1, 0.15) is 18.1 Å². The van der Waals surface area contributed by atoms with Gasteiger partial charge in [-0.1, -0.05) is 140 Å². The molecule has 5 rings (SSSR count). The molecule has 0 saturated carbocycles. The number of carbonyl (C=O) groups is 2. The quantitative estimate of drug-likeness (QED) is 0.0870. The highest BCUT2D eigenvalue weighted by atomic mass is 16.5. The number of hydrogen-bond donors (Lipinski definition) is 1. The molecule has 2 atom stereocenters. The number of benzene rings is 5. The van der Waals surface area contributed by atoms with E-state index in [9.17, 15) is 14.7 Å². The molecule has 48 heavy (non-hydrogen) atoms. The smallest absolute Gasteiger partial charge is 0.338 e. The van der Waals surface area contributed by atoms with Crippen molar-refractivity contribution in [2.75, 3.05) is 13.2 Å². The van der Waals surface area contributed by atoms with Gasteiger partial charge in [0, 0.05) is 0 Å².